The van der Waals surface area contributed by atoms with Crippen LogP contribution in [0.5, 0.6) is 0 Å². The maximum atomic E-state index is 13.6. The third kappa shape index (κ3) is 3.08. The number of fused-ring (bicyclic) bond motifs is 1. The molecular weight excluding hydrogens is 398 g/mol. The molecule has 0 saturated carbocycles. The van der Waals surface area contributed by atoms with Gasteiger partial charge in [0.25, 0.3) is 0 Å². The fourth-order valence-corrected chi connectivity index (χ4v) is 5.55. The Labute approximate surface area is 189 Å². The van der Waals surface area contributed by atoms with Crippen molar-refractivity contribution in [1.82, 2.24) is 10.3 Å². The predicted molar refractivity (Wildman–Crippen MR) is 126 cm³/mol. The van der Waals surface area contributed by atoms with Crippen molar-refractivity contribution < 1.29 is 4.79 Å². The van der Waals surface area contributed by atoms with E-state index in [-0.39, 0.29) is 17.4 Å². The number of allylic oxidation sites excluding steroid dienone is 2. The monoisotopic (exact) mass is 427 g/mol. The molecule has 2 atom stereocenters. The van der Waals surface area contributed by atoms with E-state index < -0.39 is 5.41 Å². The first-order valence-corrected chi connectivity index (χ1v) is 11.2. The summed E-state index contributed by atoms with van der Waals surface area (Å²) in [6.45, 7) is 6.48. The van der Waals surface area contributed by atoms with Gasteiger partial charge < -0.3 is 10.2 Å². The zero-order chi connectivity index (χ0) is 22.5. The van der Waals surface area contributed by atoms with Crippen LogP contribution in [0.15, 0.2) is 81.9 Å². The minimum Gasteiger partial charge on any atom is -0.362 e. The molecule has 164 valence electrons. The zero-order valence-corrected chi connectivity index (χ0v) is 19.1. The lowest BCUT2D eigenvalue weighted by molar-refractivity contribution is -0.119. The smallest absolute Gasteiger partial charge is 0.164 e. The van der Waals surface area contributed by atoms with Crippen molar-refractivity contribution in [2.45, 2.75) is 51.6 Å². The van der Waals surface area contributed by atoms with Gasteiger partial charge in [-0.15, -0.1) is 0 Å². The van der Waals surface area contributed by atoms with Gasteiger partial charge in [-0.3, -0.25) is 4.79 Å². The quantitative estimate of drug-likeness (QED) is 0.707. The Morgan fingerprint density at radius 1 is 1.16 bits per heavy atom. The number of azo groups is 1. The fourth-order valence-electron chi connectivity index (χ4n) is 5.55. The second kappa shape index (κ2) is 7.40. The number of pyridine rings is 1. The van der Waals surface area contributed by atoms with Gasteiger partial charge in [-0.2, -0.15) is 10.2 Å². The number of hydrogen-bond acceptors (Lipinski definition) is 6. The van der Waals surface area contributed by atoms with Crippen LogP contribution in [0.1, 0.15) is 45.6 Å². The van der Waals surface area contributed by atoms with Crippen LogP contribution in [-0.4, -0.2) is 24.0 Å². The summed E-state index contributed by atoms with van der Waals surface area (Å²) in [7, 11) is 2.02. The molecule has 0 radical (unpaired) electrons. The molecule has 5 rings (SSSR count). The first-order chi connectivity index (χ1) is 15.4. The van der Waals surface area contributed by atoms with Crippen LogP contribution in [0, 0.1) is 5.41 Å². The molecule has 2 aliphatic heterocycles. The topological polar surface area (TPSA) is 70.0 Å². The third-order valence-corrected chi connectivity index (χ3v) is 7.03. The molecule has 0 fully saturated rings. The Bertz CT molecular complexity index is 1160. The Hall–Kier alpha value is -3.28. The highest BCUT2D eigenvalue weighted by Gasteiger charge is 2.53. The lowest BCUT2D eigenvalue weighted by atomic mass is 9.59. The number of nitrogens with zero attached hydrogens (tertiary/aromatic N) is 4. The van der Waals surface area contributed by atoms with Crippen LogP contribution in [-0.2, 0) is 10.2 Å². The Morgan fingerprint density at radius 2 is 2.00 bits per heavy atom. The number of nitrogens with one attached hydrogen (secondary N) is 1. The Balaban J connectivity index is 1.68. The molecule has 1 aromatic heterocycles. The van der Waals surface area contributed by atoms with E-state index >= 15 is 0 Å². The van der Waals surface area contributed by atoms with Crippen LogP contribution < -0.4 is 10.2 Å². The molecule has 1 aliphatic carbocycles. The highest BCUT2D eigenvalue weighted by Crippen LogP contribution is 2.54. The number of Topliss-reactive ketones (excluding diaryl/α,β-unsaturated/α-hetero) is 1. The summed E-state index contributed by atoms with van der Waals surface area (Å²) in [5, 5.41) is 12.2. The van der Waals surface area contributed by atoms with Gasteiger partial charge in [-0.1, -0.05) is 39.0 Å². The zero-order valence-electron chi connectivity index (χ0n) is 19.1. The first-order valence-electron chi connectivity index (χ1n) is 11.2. The minimum absolute atomic E-state index is 0.0690. The standard InChI is InChI=1S/C26H29N5O/c1-5-26(17-9-8-10-18(13-17)31(4)22-11-6-7-12-27-22)19-16-28-30-24(19)29-20-14-25(2,3)15-21(32)23(20)26/h6-13,16,24,29H,5,14-15H2,1-4H3/t24?,26-/m0/s1. The number of aromatic nitrogens is 1. The van der Waals surface area contributed by atoms with Crippen molar-refractivity contribution in [3.05, 3.63) is 77.3 Å². The molecule has 1 unspecified atom stereocenters. The fraction of sp³-hybridized carbons (Fsp3) is 0.385. The summed E-state index contributed by atoms with van der Waals surface area (Å²) >= 11 is 0. The molecule has 0 bridgehead atoms. The van der Waals surface area contributed by atoms with Crippen LogP contribution >= 0.6 is 0 Å². The maximum Gasteiger partial charge on any atom is 0.164 e. The lowest BCUT2D eigenvalue weighted by Crippen LogP contribution is -2.51. The van der Waals surface area contributed by atoms with Crippen LogP contribution in [0.25, 0.3) is 0 Å². The largest absolute Gasteiger partial charge is 0.362 e. The van der Waals surface area contributed by atoms with Gasteiger partial charge in [0.2, 0.25) is 0 Å². The van der Waals surface area contributed by atoms with E-state index in [0.717, 1.165) is 46.8 Å². The van der Waals surface area contributed by atoms with E-state index in [1.165, 1.54) is 0 Å². The average Bonchev–Trinajstić information content (AvgIpc) is 3.25. The van der Waals surface area contributed by atoms with Crippen molar-refractivity contribution in [2.75, 3.05) is 11.9 Å². The highest BCUT2D eigenvalue weighted by atomic mass is 16.1. The summed E-state index contributed by atoms with van der Waals surface area (Å²) < 4.78 is 0. The Morgan fingerprint density at radius 3 is 2.75 bits per heavy atom. The van der Waals surface area contributed by atoms with Gasteiger partial charge in [-0.05, 0) is 48.1 Å². The molecule has 0 saturated heterocycles. The lowest BCUT2D eigenvalue weighted by Gasteiger charge is -2.48. The molecule has 6 heteroatoms. The van der Waals surface area contributed by atoms with Gasteiger partial charge in [-0.25, -0.2) is 4.98 Å². The molecule has 0 spiro atoms. The molecular formula is C26H29N5O. The summed E-state index contributed by atoms with van der Waals surface area (Å²) in [5.41, 5.74) is 4.51. The van der Waals surface area contributed by atoms with E-state index in [4.69, 9.17) is 0 Å². The van der Waals surface area contributed by atoms with Gasteiger partial charge in [0.1, 0.15) is 5.82 Å². The molecule has 3 heterocycles. The molecule has 3 aliphatic rings. The van der Waals surface area contributed by atoms with Gasteiger partial charge in [0.05, 0.1) is 11.6 Å². The SMILES string of the molecule is CC[C@]1(c2cccc(N(C)c3ccccn3)c2)C2=CN=NC2NC2=C1C(=O)CC(C)(C)C2. The summed E-state index contributed by atoms with van der Waals surface area (Å²) in [6.07, 6.45) is 5.59. The van der Waals surface area contributed by atoms with Crippen molar-refractivity contribution in [1.29, 1.82) is 0 Å². The van der Waals surface area contributed by atoms with Crippen LogP contribution in [0.4, 0.5) is 11.5 Å². The Kier molecular flexibility index (Phi) is 4.77. The average molecular weight is 428 g/mol. The highest BCUT2D eigenvalue weighted by molar-refractivity contribution is 6.01. The van der Waals surface area contributed by atoms with Crippen LogP contribution in [0.2, 0.25) is 0 Å². The van der Waals surface area contributed by atoms with Crippen LogP contribution in [0.3, 0.4) is 0 Å². The van der Waals surface area contributed by atoms with E-state index in [1.54, 1.807) is 6.20 Å². The van der Waals surface area contributed by atoms with E-state index in [0.29, 0.717) is 6.42 Å². The van der Waals surface area contributed by atoms with Crippen molar-refractivity contribution in [3.63, 3.8) is 0 Å². The summed E-state index contributed by atoms with van der Waals surface area (Å²) in [4.78, 5) is 20.2. The third-order valence-electron chi connectivity index (χ3n) is 7.03. The van der Waals surface area contributed by atoms with Gasteiger partial charge in [0, 0.05) is 42.2 Å². The number of carbonyl (C=O) groups is 1. The minimum atomic E-state index is -0.538. The van der Waals surface area contributed by atoms with Gasteiger partial charge in [0.15, 0.2) is 11.9 Å². The van der Waals surface area contributed by atoms with E-state index in [1.807, 2.05) is 31.4 Å². The van der Waals surface area contributed by atoms with E-state index in [9.17, 15) is 4.79 Å². The first kappa shape index (κ1) is 20.6. The maximum absolute atomic E-state index is 13.6. The van der Waals surface area contributed by atoms with Gasteiger partial charge >= 0.3 is 0 Å². The molecule has 6 nitrogen and oxygen atoms in total. The van der Waals surface area contributed by atoms with E-state index in [2.05, 4.69) is 70.5 Å². The molecule has 1 N–H and O–H groups in total. The number of benzene rings is 1. The molecule has 2 aromatic rings. The summed E-state index contributed by atoms with van der Waals surface area (Å²) in [5.74, 6) is 1.10. The molecule has 32 heavy (non-hydrogen) atoms. The molecule has 1 aromatic carbocycles. The van der Waals surface area contributed by atoms with Crippen molar-refractivity contribution >= 4 is 17.3 Å². The summed E-state index contributed by atoms with van der Waals surface area (Å²) in [6, 6.07) is 14.4. The molecule has 0 amide bonds. The number of hydrogen-bond donors (Lipinski definition) is 1. The number of ketones is 1. The predicted octanol–water partition coefficient (Wildman–Crippen LogP) is 5.42. The second-order valence-corrected chi connectivity index (χ2v) is 9.71. The van der Waals surface area contributed by atoms with Crippen molar-refractivity contribution in [3.8, 4) is 0 Å². The normalized spacial score (nSPS) is 25.7. The number of carbonyl (C=O) groups excluding carboxylic acids is 1. The number of anilines is 2. The van der Waals surface area contributed by atoms with Crippen molar-refractivity contribution in [2.24, 2.45) is 15.6 Å². The number of rotatable bonds is 4. The second-order valence-electron chi connectivity index (χ2n) is 9.71.